The smallest absolute Gasteiger partial charge is 0.231 e. The average molecular weight is 328 g/mol. The van der Waals surface area contributed by atoms with E-state index in [2.05, 4.69) is 26.1 Å². The monoisotopic (exact) mass is 327 g/mol. The zero-order valence-corrected chi connectivity index (χ0v) is 12.3. The first-order chi connectivity index (χ1) is 9.02. The number of benzene rings is 1. The SMILES string of the molecule is CCC(N)C(C)c1nc(-c2ccc(F)c(Br)c2)no1. The van der Waals surface area contributed by atoms with Crippen LogP contribution in [0.15, 0.2) is 27.2 Å². The van der Waals surface area contributed by atoms with Gasteiger partial charge >= 0.3 is 0 Å². The van der Waals surface area contributed by atoms with Crippen molar-refractivity contribution in [2.24, 2.45) is 5.73 Å². The van der Waals surface area contributed by atoms with E-state index < -0.39 is 0 Å². The van der Waals surface area contributed by atoms with Crippen molar-refractivity contribution in [1.29, 1.82) is 0 Å². The Morgan fingerprint density at radius 3 is 2.84 bits per heavy atom. The fourth-order valence-electron chi connectivity index (χ4n) is 1.71. The van der Waals surface area contributed by atoms with Crippen molar-refractivity contribution in [3.8, 4) is 11.4 Å². The first kappa shape index (κ1) is 14.1. The summed E-state index contributed by atoms with van der Waals surface area (Å²) in [7, 11) is 0. The first-order valence-corrected chi connectivity index (χ1v) is 6.86. The summed E-state index contributed by atoms with van der Waals surface area (Å²) in [5, 5.41) is 3.91. The molecule has 1 aromatic heterocycles. The third kappa shape index (κ3) is 3.01. The summed E-state index contributed by atoms with van der Waals surface area (Å²) in [6.07, 6.45) is 0.834. The molecule has 0 aliphatic carbocycles. The molecule has 2 aromatic rings. The number of nitrogens with zero attached hydrogens (tertiary/aromatic N) is 2. The van der Waals surface area contributed by atoms with E-state index in [1.165, 1.54) is 6.07 Å². The molecule has 1 heterocycles. The zero-order valence-electron chi connectivity index (χ0n) is 10.7. The minimum absolute atomic E-state index is 0.00450. The zero-order chi connectivity index (χ0) is 14.0. The van der Waals surface area contributed by atoms with Crippen LogP contribution in [0.3, 0.4) is 0 Å². The van der Waals surface area contributed by atoms with Gasteiger partial charge in [-0.1, -0.05) is 19.0 Å². The van der Waals surface area contributed by atoms with Crippen molar-refractivity contribution in [3.63, 3.8) is 0 Å². The van der Waals surface area contributed by atoms with Gasteiger partial charge in [-0.3, -0.25) is 0 Å². The number of hydrogen-bond donors (Lipinski definition) is 1. The molecule has 0 saturated carbocycles. The summed E-state index contributed by atoms with van der Waals surface area (Å²) in [5.74, 6) is 0.611. The molecule has 6 heteroatoms. The Morgan fingerprint density at radius 2 is 2.21 bits per heavy atom. The van der Waals surface area contributed by atoms with Crippen molar-refractivity contribution >= 4 is 15.9 Å². The van der Waals surface area contributed by atoms with E-state index in [0.717, 1.165) is 6.42 Å². The van der Waals surface area contributed by atoms with Crippen LogP contribution in [0.2, 0.25) is 0 Å². The Bertz CT molecular complexity index is 573. The van der Waals surface area contributed by atoms with Crippen LogP contribution in [-0.2, 0) is 0 Å². The van der Waals surface area contributed by atoms with Gasteiger partial charge in [-0.2, -0.15) is 4.98 Å². The molecular weight excluding hydrogens is 313 g/mol. The maximum absolute atomic E-state index is 13.2. The van der Waals surface area contributed by atoms with Gasteiger partial charge in [0, 0.05) is 11.6 Å². The lowest BCUT2D eigenvalue weighted by Gasteiger charge is -2.13. The van der Waals surface area contributed by atoms with Crippen LogP contribution in [-0.4, -0.2) is 16.2 Å². The molecule has 2 atom stereocenters. The predicted molar refractivity (Wildman–Crippen MR) is 74.1 cm³/mol. The maximum atomic E-state index is 13.2. The average Bonchev–Trinajstić information content (AvgIpc) is 2.89. The van der Waals surface area contributed by atoms with Crippen molar-refractivity contribution in [3.05, 3.63) is 34.4 Å². The number of hydrogen-bond acceptors (Lipinski definition) is 4. The van der Waals surface area contributed by atoms with Crippen molar-refractivity contribution < 1.29 is 8.91 Å². The Kier molecular flexibility index (Phi) is 4.31. The van der Waals surface area contributed by atoms with E-state index in [9.17, 15) is 4.39 Å². The van der Waals surface area contributed by atoms with Crippen molar-refractivity contribution in [2.45, 2.75) is 32.2 Å². The van der Waals surface area contributed by atoms with Crippen LogP contribution >= 0.6 is 15.9 Å². The van der Waals surface area contributed by atoms with Crippen LogP contribution in [0.5, 0.6) is 0 Å². The fourth-order valence-corrected chi connectivity index (χ4v) is 2.09. The Hall–Kier alpha value is -1.27. The molecule has 2 N–H and O–H groups in total. The summed E-state index contributed by atoms with van der Waals surface area (Å²) in [5.41, 5.74) is 6.65. The quantitative estimate of drug-likeness (QED) is 0.933. The summed E-state index contributed by atoms with van der Waals surface area (Å²) in [6, 6.07) is 4.57. The molecule has 0 spiro atoms. The van der Waals surface area contributed by atoms with E-state index in [4.69, 9.17) is 10.3 Å². The van der Waals surface area contributed by atoms with E-state index in [-0.39, 0.29) is 17.8 Å². The van der Waals surface area contributed by atoms with Gasteiger partial charge in [-0.05, 0) is 40.5 Å². The van der Waals surface area contributed by atoms with Gasteiger partial charge in [0.15, 0.2) is 0 Å². The van der Waals surface area contributed by atoms with E-state index in [1.54, 1.807) is 12.1 Å². The molecule has 1 aromatic carbocycles. The van der Waals surface area contributed by atoms with Crippen LogP contribution in [0.4, 0.5) is 4.39 Å². The molecule has 0 amide bonds. The molecule has 0 aliphatic heterocycles. The third-order valence-corrected chi connectivity index (χ3v) is 3.73. The van der Waals surface area contributed by atoms with Crippen LogP contribution < -0.4 is 5.73 Å². The van der Waals surface area contributed by atoms with Gasteiger partial charge in [0.05, 0.1) is 10.4 Å². The van der Waals surface area contributed by atoms with E-state index in [1.807, 2.05) is 13.8 Å². The molecule has 0 saturated heterocycles. The molecule has 19 heavy (non-hydrogen) atoms. The lowest BCUT2D eigenvalue weighted by Crippen LogP contribution is -2.25. The maximum Gasteiger partial charge on any atom is 0.231 e. The normalized spacial score (nSPS) is 14.4. The Morgan fingerprint density at radius 1 is 1.47 bits per heavy atom. The highest BCUT2D eigenvalue weighted by atomic mass is 79.9. The lowest BCUT2D eigenvalue weighted by molar-refractivity contribution is 0.340. The highest BCUT2D eigenvalue weighted by Gasteiger charge is 2.20. The number of nitrogens with two attached hydrogens (primary N) is 1. The molecular formula is C13H15BrFN3O. The van der Waals surface area contributed by atoms with Gasteiger partial charge in [0.2, 0.25) is 11.7 Å². The van der Waals surface area contributed by atoms with E-state index >= 15 is 0 Å². The third-order valence-electron chi connectivity index (χ3n) is 3.12. The molecule has 0 fully saturated rings. The highest BCUT2D eigenvalue weighted by Crippen LogP contribution is 2.25. The minimum Gasteiger partial charge on any atom is -0.339 e. The molecule has 102 valence electrons. The van der Waals surface area contributed by atoms with Crippen molar-refractivity contribution in [1.82, 2.24) is 10.1 Å². The standard InChI is InChI=1S/C13H15BrFN3O/c1-3-11(16)7(2)13-17-12(18-19-13)8-4-5-10(15)9(14)6-8/h4-7,11H,3,16H2,1-2H3. The van der Waals surface area contributed by atoms with Gasteiger partial charge < -0.3 is 10.3 Å². The summed E-state index contributed by atoms with van der Waals surface area (Å²) >= 11 is 3.13. The fraction of sp³-hybridized carbons (Fsp3) is 0.385. The number of aromatic nitrogens is 2. The molecule has 2 unspecified atom stereocenters. The Balaban J connectivity index is 2.27. The Labute approximate surface area is 119 Å². The second-order valence-corrected chi connectivity index (χ2v) is 5.30. The summed E-state index contributed by atoms with van der Waals surface area (Å²) in [6.45, 7) is 3.96. The molecule has 4 nitrogen and oxygen atoms in total. The van der Waals surface area contributed by atoms with E-state index in [0.29, 0.717) is 21.8 Å². The first-order valence-electron chi connectivity index (χ1n) is 6.07. The summed E-state index contributed by atoms with van der Waals surface area (Å²) < 4.78 is 18.8. The topological polar surface area (TPSA) is 64.9 Å². The second kappa shape index (κ2) is 5.79. The second-order valence-electron chi connectivity index (χ2n) is 4.45. The molecule has 2 rings (SSSR count). The molecule has 0 radical (unpaired) electrons. The number of rotatable bonds is 4. The summed E-state index contributed by atoms with van der Waals surface area (Å²) in [4.78, 5) is 4.32. The lowest BCUT2D eigenvalue weighted by atomic mass is 10.0. The van der Waals surface area contributed by atoms with Crippen LogP contribution in [0, 0.1) is 5.82 Å². The van der Waals surface area contributed by atoms with Crippen molar-refractivity contribution in [2.75, 3.05) is 0 Å². The highest BCUT2D eigenvalue weighted by molar-refractivity contribution is 9.10. The van der Waals surface area contributed by atoms with Gasteiger partial charge in [-0.15, -0.1) is 0 Å². The minimum atomic E-state index is -0.325. The van der Waals surface area contributed by atoms with Gasteiger partial charge in [-0.25, -0.2) is 4.39 Å². The van der Waals surface area contributed by atoms with Gasteiger partial charge in [0.1, 0.15) is 5.82 Å². The van der Waals surface area contributed by atoms with Crippen LogP contribution in [0.25, 0.3) is 11.4 Å². The van der Waals surface area contributed by atoms with Gasteiger partial charge in [0.25, 0.3) is 0 Å². The number of halogens is 2. The molecule has 0 bridgehead atoms. The molecule has 0 aliphatic rings. The predicted octanol–water partition coefficient (Wildman–Crippen LogP) is 3.48. The van der Waals surface area contributed by atoms with Crippen LogP contribution in [0.1, 0.15) is 32.1 Å². The largest absolute Gasteiger partial charge is 0.339 e.